The van der Waals surface area contributed by atoms with Gasteiger partial charge in [-0.1, -0.05) is 84.0 Å². The van der Waals surface area contributed by atoms with Gasteiger partial charge < -0.3 is 24.0 Å². The van der Waals surface area contributed by atoms with E-state index >= 15 is 0 Å². The molecule has 0 heterocycles. The van der Waals surface area contributed by atoms with E-state index in [-0.39, 0.29) is 38.9 Å². The minimum absolute atomic E-state index is 0.0415. The van der Waals surface area contributed by atoms with Crippen molar-refractivity contribution in [3.8, 4) is 0 Å². The first-order valence-corrected chi connectivity index (χ1v) is 17.9. The largest absolute Gasteiger partial charge is 0.478 e. The summed E-state index contributed by atoms with van der Waals surface area (Å²) in [6, 6.07) is 0. The molecular formula is C32H59NO11P+. The molecule has 1 unspecified atom stereocenters. The van der Waals surface area contributed by atoms with Gasteiger partial charge >= 0.3 is 25.7 Å². The summed E-state index contributed by atoms with van der Waals surface area (Å²) in [4.78, 5) is 56.9. The highest BCUT2D eigenvalue weighted by molar-refractivity contribution is 7.47. The van der Waals surface area contributed by atoms with E-state index in [2.05, 4.69) is 6.92 Å². The fourth-order valence-corrected chi connectivity index (χ4v) is 4.95. The highest BCUT2D eigenvalue weighted by atomic mass is 31.2. The second kappa shape index (κ2) is 26.0. The molecule has 0 aliphatic carbocycles. The normalized spacial score (nSPS) is 13.8. The van der Waals surface area contributed by atoms with Crippen LogP contribution in [0.5, 0.6) is 0 Å². The van der Waals surface area contributed by atoms with E-state index in [4.69, 9.17) is 23.6 Å². The molecule has 45 heavy (non-hydrogen) atoms. The van der Waals surface area contributed by atoms with Gasteiger partial charge in [0.25, 0.3) is 0 Å². The number of unbranched alkanes of at least 4 members (excludes halogenated alkanes) is 12. The van der Waals surface area contributed by atoms with Crippen molar-refractivity contribution in [3.05, 3.63) is 12.2 Å². The molecule has 2 atom stereocenters. The Hall–Kier alpha value is -2.11. The average molecular weight is 665 g/mol. The number of carbonyl (C=O) groups excluding carboxylic acids is 3. The van der Waals surface area contributed by atoms with Crippen molar-refractivity contribution in [2.45, 2.75) is 122 Å². The van der Waals surface area contributed by atoms with Crippen molar-refractivity contribution in [2.75, 3.05) is 47.5 Å². The van der Waals surface area contributed by atoms with Gasteiger partial charge in [0.1, 0.15) is 19.8 Å². The lowest BCUT2D eigenvalue weighted by atomic mass is 10.0. The van der Waals surface area contributed by atoms with Crippen LogP contribution in [-0.4, -0.2) is 91.8 Å². The Balaban J connectivity index is 4.53. The fourth-order valence-electron chi connectivity index (χ4n) is 4.21. The number of likely N-dealkylation sites (N-methyl/N-ethyl adjacent to an activating group) is 1. The fraction of sp³-hybridized carbons (Fsp3) is 0.812. The number of quaternary nitrogens is 1. The van der Waals surface area contributed by atoms with E-state index in [1.165, 1.54) is 57.8 Å². The van der Waals surface area contributed by atoms with Crippen molar-refractivity contribution in [1.82, 2.24) is 0 Å². The van der Waals surface area contributed by atoms with Gasteiger partial charge in [0.05, 0.1) is 27.7 Å². The average Bonchev–Trinajstić information content (AvgIpc) is 2.95. The zero-order chi connectivity index (χ0) is 34.0. The van der Waals surface area contributed by atoms with E-state index in [1.807, 2.05) is 21.1 Å². The van der Waals surface area contributed by atoms with E-state index in [0.717, 1.165) is 31.4 Å². The molecule has 0 aromatic heterocycles. The quantitative estimate of drug-likeness (QED) is 0.0298. The summed E-state index contributed by atoms with van der Waals surface area (Å²) < 4.78 is 33.4. The van der Waals surface area contributed by atoms with Crippen molar-refractivity contribution in [2.24, 2.45) is 0 Å². The minimum Gasteiger partial charge on any atom is -0.478 e. The Morgan fingerprint density at radius 1 is 0.711 bits per heavy atom. The number of phosphoric ester groups is 1. The van der Waals surface area contributed by atoms with Crippen LogP contribution in [0.1, 0.15) is 116 Å². The number of allylic oxidation sites excluding steroid dienone is 1. The van der Waals surface area contributed by atoms with E-state index < -0.39 is 44.2 Å². The molecular weight excluding hydrogens is 605 g/mol. The Kier molecular flexibility index (Phi) is 24.8. The molecule has 0 radical (unpaired) electrons. The number of carbonyl (C=O) groups is 4. The van der Waals surface area contributed by atoms with Crippen LogP contribution < -0.4 is 0 Å². The van der Waals surface area contributed by atoms with Gasteiger partial charge in [0.2, 0.25) is 0 Å². The summed E-state index contributed by atoms with van der Waals surface area (Å²) in [5.41, 5.74) is 0. The number of ether oxygens (including phenoxy) is 2. The number of phosphoric acid groups is 1. The van der Waals surface area contributed by atoms with Crippen molar-refractivity contribution in [3.63, 3.8) is 0 Å². The summed E-state index contributed by atoms with van der Waals surface area (Å²) in [5, 5.41) is 8.59. The molecule has 2 N–H and O–H groups in total. The van der Waals surface area contributed by atoms with Crippen LogP contribution in [0.15, 0.2) is 12.2 Å². The number of carboxylic acids is 1. The highest BCUT2D eigenvalue weighted by Gasteiger charge is 2.27. The maximum absolute atomic E-state index is 12.4. The van der Waals surface area contributed by atoms with Gasteiger partial charge in [-0.15, -0.1) is 0 Å². The molecule has 262 valence electrons. The van der Waals surface area contributed by atoms with Crippen LogP contribution in [0, 0.1) is 0 Å². The molecule has 0 amide bonds. The van der Waals surface area contributed by atoms with Crippen LogP contribution in [0.2, 0.25) is 0 Å². The molecule has 0 bridgehead atoms. The summed E-state index contributed by atoms with van der Waals surface area (Å²) in [6.45, 7) is 1.72. The molecule has 0 aromatic rings. The summed E-state index contributed by atoms with van der Waals surface area (Å²) in [7, 11) is 1.22. The third-order valence-electron chi connectivity index (χ3n) is 6.87. The zero-order valence-electron chi connectivity index (χ0n) is 28.0. The van der Waals surface area contributed by atoms with Crippen LogP contribution in [0.3, 0.4) is 0 Å². The van der Waals surface area contributed by atoms with Crippen molar-refractivity contribution >= 4 is 31.5 Å². The number of aliphatic carboxylic acids is 1. The molecule has 0 aliphatic heterocycles. The first-order chi connectivity index (χ1) is 21.2. The summed E-state index contributed by atoms with van der Waals surface area (Å²) in [6.07, 6.45) is 15.9. The smallest absolute Gasteiger partial charge is 0.472 e. The molecule has 0 aromatic carbocycles. The number of esters is 2. The van der Waals surface area contributed by atoms with Gasteiger partial charge in [-0.2, -0.15) is 0 Å². The number of ketones is 1. The Labute approximate surface area is 270 Å². The van der Waals surface area contributed by atoms with Gasteiger partial charge in [-0.05, 0) is 18.9 Å². The van der Waals surface area contributed by atoms with Gasteiger partial charge in [-0.25, -0.2) is 9.36 Å². The van der Waals surface area contributed by atoms with Crippen LogP contribution in [-0.2, 0) is 42.3 Å². The molecule has 0 rings (SSSR count). The SMILES string of the molecule is CCCCCCCCCCCCCCCC(=O)OC[C@@H](COP(=O)(O)OCC[N+](C)(C)C)OC(=O)CCCC(=O)/C=C/C(=O)O. The number of rotatable bonds is 30. The monoisotopic (exact) mass is 664 g/mol. The van der Waals surface area contributed by atoms with Gasteiger partial charge in [-0.3, -0.25) is 23.4 Å². The molecule has 0 aliphatic rings. The molecule has 13 heteroatoms. The third kappa shape index (κ3) is 30.3. The third-order valence-corrected chi connectivity index (χ3v) is 7.85. The van der Waals surface area contributed by atoms with Crippen LogP contribution in [0.4, 0.5) is 0 Å². The first-order valence-electron chi connectivity index (χ1n) is 16.5. The Bertz CT molecular complexity index is 917. The van der Waals surface area contributed by atoms with E-state index in [0.29, 0.717) is 17.4 Å². The Morgan fingerprint density at radius 3 is 1.78 bits per heavy atom. The number of hydrogen-bond donors (Lipinski definition) is 2. The topological polar surface area (TPSA) is 163 Å². The molecule has 0 fully saturated rings. The maximum Gasteiger partial charge on any atom is 0.472 e. The van der Waals surface area contributed by atoms with E-state index in [1.54, 1.807) is 0 Å². The predicted octanol–water partition coefficient (Wildman–Crippen LogP) is 6.14. The number of carboxylic acid groups (broad SMARTS) is 1. The molecule has 12 nitrogen and oxygen atoms in total. The number of nitrogens with zero attached hydrogens (tertiary/aromatic N) is 1. The van der Waals surface area contributed by atoms with Crippen LogP contribution >= 0.6 is 7.82 Å². The Morgan fingerprint density at radius 2 is 1.24 bits per heavy atom. The summed E-state index contributed by atoms with van der Waals surface area (Å²) >= 11 is 0. The summed E-state index contributed by atoms with van der Waals surface area (Å²) in [5.74, 6) is -2.91. The first kappa shape index (κ1) is 42.9. The molecule has 0 saturated carbocycles. The van der Waals surface area contributed by atoms with E-state index in [9.17, 15) is 28.6 Å². The zero-order valence-corrected chi connectivity index (χ0v) is 28.9. The lowest BCUT2D eigenvalue weighted by molar-refractivity contribution is -0.870. The van der Waals surface area contributed by atoms with Gasteiger partial charge in [0, 0.05) is 25.3 Å². The second-order valence-corrected chi connectivity index (χ2v) is 13.8. The standard InChI is InChI=1S/C32H58NO11P/c1-5-6-7-8-9-10-11-12-13-14-15-16-17-20-31(37)41-26-29(27-43-45(39,40)42-25-24-33(2,3)4)44-32(38)21-18-19-28(34)22-23-30(35)36/h22-23,29H,5-21,24-27H2,1-4H3,(H-,35,36,39,40)/p+1/b23-22+/t29-/m0/s1. The number of hydrogen-bond acceptors (Lipinski definition) is 9. The van der Waals surface area contributed by atoms with Crippen LogP contribution in [0.25, 0.3) is 0 Å². The van der Waals surface area contributed by atoms with Gasteiger partial charge in [0.15, 0.2) is 11.9 Å². The van der Waals surface area contributed by atoms with Crippen molar-refractivity contribution in [1.29, 1.82) is 0 Å². The minimum atomic E-state index is -4.46. The lowest BCUT2D eigenvalue weighted by Gasteiger charge is -2.24. The predicted molar refractivity (Wildman–Crippen MR) is 171 cm³/mol. The van der Waals surface area contributed by atoms with Crippen molar-refractivity contribution < 1.29 is 56.7 Å². The lowest BCUT2D eigenvalue weighted by Crippen LogP contribution is -2.37. The maximum atomic E-state index is 12.4. The molecule has 0 saturated heterocycles. The second-order valence-electron chi connectivity index (χ2n) is 12.4. The highest BCUT2D eigenvalue weighted by Crippen LogP contribution is 2.43. The molecule has 0 spiro atoms.